The highest BCUT2D eigenvalue weighted by molar-refractivity contribution is 6.13. The fourth-order valence-corrected chi connectivity index (χ4v) is 3.36. The maximum Gasteiger partial charge on any atom is 0.252 e. The molecule has 3 rings (SSSR count). The summed E-state index contributed by atoms with van der Waals surface area (Å²) in [6.45, 7) is 5.61. The first kappa shape index (κ1) is 11.1. The zero-order valence-corrected chi connectivity index (χ0v) is 10.7. The van der Waals surface area contributed by atoms with Gasteiger partial charge in [-0.3, -0.25) is 4.79 Å². The third-order valence-electron chi connectivity index (χ3n) is 3.73. The van der Waals surface area contributed by atoms with E-state index in [9.17, 15) is 4.79 Å². The second-order valence-electron chi connectivity index (χ2n) is 5.06. The van der Waals surface area contributed by atoms with Gasteiger partial charge in [-0.2, -0.15) is 0 Å². The Morgan fingerprint density at radius 3 is 2.88 bits per heavy atom. The van der Waals surface area contributed by atoms with E-state index >= 15 is 0 Å². The normalized spacial score (nSPS) is 27.6. The van der Waals surface area contributed by atoms with Crippen LogP contribution in [0.5, 0.6) is 0 Å². The molecule has 0 spiro atoms. The van der Waals surface area contributed by atoms with Crippen molar-refractivity contribution in [3.8, 4) is 0 Å². The third-order valence-corrected chi connectivity index (χ3v) is 4.00. The average Bonchev–Trinajstić information content (AvgIpc) is 2.57. The van der Waals surface area contributed by atoms with E-state index < -0.39 is 0 Å². The van der Waals surface area contributed by atoms with Crippen molar-refractivity contribution >= 4 is 17.7 Å². The van der Waals surface area contributed by atoms with E-state index in [1.807, 2.05) is 6.92 Å². The number of nitrogens with zero attached hydrogens (tertiary/aromatic N) is 1. The minimum Gasteiger partial charge on any atom is -0.347 e. The molecule has 0 unspecified atom stereocenters. The lowest BCUT2D eigenvalue weighted by molar-refractivity contribution is 0.0923. The molecule has 1 aromatic rings. The predicted molar refractivity (Wildman–Crippen MR) is 67.3 cm³/mol. The van der Waals surface area contributed by atoms with Crippen LogP contribution in [-0.4, -0.2) is 29.5 Å². The monoisotopic (exact) mass is 250 g/mol. The van der Waals surface area contributed by atoms with Crippen LogP contribution in [0.3, 0.4) is 0 Å². The number of fused-ring (bicyclic) bond motifs is 3. The topological polar surface area (TPSA) is 32.3 Å². The molecule has 1 aromatic carbocycles. The van der Waals surface area contributed by atoms with E-state index in [0.29, 0.717) is 5.92 Å². The van der Waals surface area contributed by atoms with Gasteiger partial charge < -0.3 is 5.32 Å². The molecule has 1 saturated heterocycles. The van der Waals surface area contributed by atoms with Crippen molar-refractivity contribution in [2.75, 3.05) is 13.1 Å². The molecule has 0 aromatic heterocycles. The fourth-order valence-electron chi connectivity index (χ4n) is 3.06. The van der Waals surface area contributed by atoms with Gasteiger partial charge in [0, 0.05) is 24.6 Å². The lowest BCUT2D eigenvalue weighted by Gasteiger charge is -2.29. The van der Waals surface area contributed by atoms with Crippen molar-refractivity contribution in [2.45, 2.75) is 25.8 Å². The van der Waals surface area contributed by atoms with Gasteiger partial charge in [-0.05, 0) is 36.8 Å². The number of rotatable bonds is 0. The summed E-state index contributed by atoms with van der Waals surface area (Å²) in [5.74, 6) is 0.379. The highest BCUT2D eigenvalue weighted by atomic mass is 35.5. The van der Waals surface area contributed by atoms with Gasteiger partial charge in [0.05, 0.1) is 6.04 Å². The van der Waals surface area contributed by atoms with Crippen molar-refractivity contribution in [3.63, 3.8) is 0 Å². The summed E-state index contributed by atoms with van der Waals surface area (Å²) >= 11 is 6.06. The van der Waals surface area contributed by atoms with Gasteiger partial charge in [0.1, 0.15) is 0 Å². The van der Waals surface area contributed by atoms with Gasteiger partial charge in [0.25, 0.3) is 5.91 Å². The lowest BCUT2D eigenvalue weighted by atomic mass is 9.83. The van der Waals surface area contributed by atoms with Crippen molar-refractivity contribution < 1.29 is 4.79 Å². The van der Waals surface area contributed by atoms with Crippen LogP contribution in [0, 0.1) is 13.8 Å². The van der Waals surface area contributed by atoms with E-state index in [-0.39, 0.29) is 11.9 Å². The van der Waals surface area contributed by atoms with Gasteiger partial charge >= 0.3 is 0 Å². The van der Waals surface area contributed by atoms with Crippen molar-refractivity contribution in [1.82, 2.24) is 9.74 Å². The molecule has 1 amide bonds. The van der Waals surface area contributed by atoms with Crippen LogP contribution in [0.4, 0.5) is 0 Å². The van der Waals surface area contributed by atoms with Crippen LogP contribution >= 0.6 is 11.8 Å². The van der Waals surface area contributed by atoms with E-state index in [0.717, 1.165) is 24.2 Å². The number of hydrogen-bond acceptors (Lipinski definition) is 2. The Balaban J connectivity index is 2.16. The summed E-state index contributed by atoms with van der Waals surface area (Å²) in [5, 5.41) is 3.06. The number of hydrogen-bond donors (Lipinski definition) is 1. The number of carbonyl (C=O) groups is 1. The molecule has 2 aliphatic rings. The molecule has 2 atom stereocenters. The number of carbonyl (C=O) groups excluding carboxylic acids is 1. The summed E-state index contributed by atoms with van der Waals surface area (Å²) in [6, 6.07) is 4.36. The third kappa shape index (κ3) is 1.65. The van der Waals surface area contributed by atoms with Crippen LogP contribution in [0.15, 0.2) is 12.1 Å². The van der Waals surface area contributed by atoms with E-state index in [1.54, 1.807) is 4.42 Å². The lowest BCUT2D eigenvalue weighted by Crippen LogP contribution is -2.44. The Morgan fingerprint density at radius 2 is 2.12 bits per heavy atom. The Kier molecular flexibility index (Phi) is 2.42. The zero-order valence-electron chi connectivity index (χ0n) is 9.96. The molecule has 17 heavy (non-hydrogen) atoms. The highest BCUT2D eigenvalue weighted by Gasteiger charge is 2.40. The summed E-state index contributed by atoms with van der Waals surface area (Å²) in [5.41, 5.74) is 4.29. The first-order valence-corrected chi connectivity index (χ1v) is 6.23. The maximum absolute atomic E-state index is 12.1. The number of nitrogens with one attached hydrogen (secondary N) is 1. The largest absolute Gasteiger partial charge is 0.347 e. The first-order valence-electron chi connectivity index (χ1n) is 5.89. The Hall–Kier alpha value is -1.06. The van der Waals surface area contributed by atoms with Crippen LogP contribution in [0.2, 0.25) is 0 Å². The van der Waals surface area contributed by atoms with Gasteiger partial charge in [-0.1, -0.05) is 17.7 Å². The second kappa shape index (κ2) is 3.72. The minimum atomic E-state index is 0.0470. The zero-order chi connectivity index (χ0) is 12.2. The molecule has 2 heterocycles. The Labute approximate surface area is 106 Å². The standard InChI is InChI=1S/C13H15ClN2O/c1-7-3-8(2)12-9(4-7)10-5-16(14)6-11(10)15-13(12)17/h3-4,10-11H,5-6H2,1-2H3,(H,15,17)/t10-,11+/m0/s1. The number of aryl methyl sites for hydroxylation is 2. The van der Waals surface area contributed by atoms with Gasteiger partial charge in [-0.15, -0.1) is 0 Å². The average molecular weight is 251 g/mol. The van der Waals surface area contributed by atoms with E-state index in [4.69, 9.17) is 11.8 Å². The molecule has 0 bridgehead atoms. The number of halogens is 1. The molecular formula is C13H15ClN2O. The Morgan fingerprint density at radius 1 is 1.35 bits per heavy atom. The highest BCUT2D eigenvalue weighted by Crippen LogP contribution is 2.36. The summed E-state index contributed by atoms with van der Waals surface area (Å²) < 4.78 is 1.77. The Bertz CT molecular complexity index is 500. The molecule has 4 heteroatoms. The molecule has 3 nitrogen and oxygen atoms in total. The van der Waals surface area contributed by atoms with Crippen molar-refractivity contribution in [1.29, 1.82) is 0 Å². The van der Waals surface area contributed by atoms with E-state index in [2.05, 4.69) is 24.4 Å². The summed E-state index contributed by atoms with van der Waals surface area (Å²) in [4.78, 5) is 12.1. The van der Waals surface area contributed by atoms with Gasteiger partial charge in [-0.25, -0.2) is 4.42 Å². The minimum absolute atomic E-state index is 0.0470. The number of amides is 1. The molecular weight excluding hydrogens is 236 g/mol. The fraction of sp³-hybridized carbons (Fsp3) is 0.462. The first-order chi connectivity index (χ1) is 8.06. The van der Waals surface area contributed by atoms with Crippen LogP contribution in [0.1, 0.15) is 33.0 Å². The van der Waals surface area contributed by atoms with Crippen LogP contribution in [-0.2, 0) is 0 Å². The molecule has 0 aliphatic carbocycles. The van der Waals surface area contributed by atoms with Crippen LogP contribution in [0.25, 0.3) is 0 Å². The van der Waals surface area contributed by atoms with Gasteiger partial charge in [0.2, 0.25) is 0 Å². The molecule has 1 fully saturated rings. The molecule has 0 radical (unpaired) electrons. The molecule has 1 N–H and O–H groups in total. The van der Waals surface area contributed by atoms with E-state index in [1.165, 1.54) is 11.1 Å². The molecule has 0 saturated carbocycles. The second-order valence-corrected chi connectivity index (χ2v) is 5.54. The molecule has 90 valence electrons. The predicted octanol–water partition coefficient (Wildman–Crippen LogP) is 1.97. The van der Waals surface area contributed by atoms with Crippen molar-refractivity contribution in [2.24, 2.45) is 0 Å². The summed E-state index contributed by atoms with van der Waals surface area (Å²) in [7, 11) is 0. The maximum atomic E-state index is 12.1. The SMILES string of the molecule is Cc1cc(C)c2c(c1)[C@@H]1CN(Cl)C[C@H]1NC2=O. The van der Waals surface area contributed by atoms with Crippen molar-refractivity contribution in [3.05, 3.63) is 34.4 Å². The smallest absolute Gasteiger partial charge is 0.252 e. The number of benzene rings is 1. The quantitative estimate of drug-likeness (QED) is 0.714. The molecule has 2 aliphatic heterocycles. The van der Waals surface area contributed by atoms with Crippen LogP contribution < -0.4 is 5.32 Å². The van der Waals surface area contributed by atoms with Gasteiger partial charge in [0.15, 0.2) is 0 Å². The summed E-state index contributed by atoms with van der Waals surface area (Å²) in [6.07, 6.45) is 0.